The van der Waals surface area contributed by atoms with Crippen LogP contribution in [-0.2, 0) is 0 Å². The summed E-state index contributed by atoms with van der Waals surface area (Å²) in [5, 5.41) is 0. The summed E-state index contributed by atoms with van der Waals surface area (Å²) >= 11 is 2.30. The van der Waals surface area contributed by atoms with E-state index in [0.29, 0.717) is 0 Å². The second-order valence-corrected chi connectivity index (χ2v) is 4.21. The van der Waals surface area contributed by atoms with Crippen LogP contribution in [0.25, 0.3) is 0 Å². The molecule has 0 heterocycles. The standard InChI is InChI=1S/C11H14IO/c1-4-13-11-9(8(2)3)6-5-7-10(11)12/h5-7H,4H2,1-3H3. The lowest BCUT2D eigenvalue weighted by molar-refractivity contribution is 0.335. The summed E-state index contributed by atoms with van der Waals surface area (Å²) in [5.41, 5.74) is 1.22. The van der Waals surface area contributed by atoms with Crippen molar-refractivity contribution in [3.63, 3.8) is 0 Å². The third kappa shape index (κ3) is 2.59. The van der Waals surface area contributed by atoms with Crippen LogP contribution in [0.5, 0.6) is 5.75 Å². The molecule has 2 heteroatoms. The fourth-order valence-corrected chi connectivity index (χ4v) is 1.85. The van der Waals surface area contributed by atoms with Crippen LogP contribution in [0.1, 0.15) is 26.3 Å². The van der Waals surface area contributed by atoms with E-state index in [1.807, 2.05) is 6.92 Å². The second kappa shape index (κ2) is 4.84. The first-order valence-corrected chi connectivity index (χ1v) is 5.46. The number of benzene rings is 1. The van der Waals surface area contributed by atoms with Gasteiger partial charge < -0.3 is 4.74 Å². The molecule has 0 aliphatic carbocycles. The van der Waals surface area contributed by atoms with E-state index in [4.69, 9.17) is 4.74 Å². The van der Waals surface area contributed by atoms with E-state index >= 15 is 0 Å². The Kier molecular flexibility index (Phi) is 4.03. The van der Waals surface area contributed by atoms with Gasteiger partial charge in [0.1, 0.15) is 5.75 Å². The summed E-state index contributed by atoms with van der Waals surface area (Å²) in [7, 11) is 0. The molecule has 1 nitrogen and oxygen atoms in total. The van der Waals surface area contributed by atoms with E-state index in [2.05, 4.69) is 54.6 Å². The van der Waals surface area contributed by atoms with Crippen molar-refractivity contribution in [2.75, 3.05) is 6.61 Å². The highest BCUT2D eigenvalue weighted by molar-refractivity contribution is 14.1. The minimum atomic E-state index is 0.723. The summed E-state index contributed by atoms with van der Waals surface area (Å²) in [6, 6.07) is 6.23. The third-order valence-electron chi connectivity index (χ3n) is 1.79. The van der Waals surface area contributed by atoms with Gasteiger partial charge in [-0.3, -0.25) is 0 Å². The number of hydrogen-bond acceptors (Lipinski definition) is 1. The lowest BCUT2D eigenvalue weighted by Gasteiger charge is -2.13. The van der Waals surface area contributed by atoms with Crippen molar-refractivity contribution in [1.82, 2.24) is 0 Å². The van der Waals surface area contributed by atoms with Gasteiger partial charge in [0.15, 0.2) is 0 Å². The van der Waals surface area contributed by atoms with Crippen molar-refractivity contribution in [1.29, 1.82) is 0 Å². The summed E-state index contributed by atoms with van der Waals surface area (Å²) in [5.74, 6) is 2.31. The molecule has 1 radical (unpaired) electrons. The van der Waals surface area contributed by atoms with Crippen molar-refractivity contribution in [3.05, 3.63) is 33.3 Å². The Morgan fingerprint density at radius 1 is 1.38 bits per heavy atom. The SMILES string of the molecule is CCOc1c(I)cccc1[C](C)C. The highest BCUT2D eigenvalue weighted by atomic mass is 127. The zero-order valence-corrected chi connectivity index (χ0v) is 10.4. The van der Waals surface area contributed by atoms with Crippen LogP contribution in [0, 0.1) is 9.49 Å². The van der Waals surface area contributed by atoms with E-state index in [1.54, 1.807) is 0 Å². The summed E-state index contributed by atoms with van der Waals surface area (Å²) in [4.78, 5) is 0. The van der Waals surface area contributed by atoms with Crippen molar-refractivity contribution in [3.8, 4) is 5.75 Å². The minimum Gasteiger partial charge on any atom is -0.492 e. The normalized spacial score (nSPS) is 10.5. The Balaban J connectivity index is 3.09. The zero-order chi connectivity index (χ0) is 9.84. The van der Waals surface area contributed by atoms with E-state index in [1.165, 1.54) is 15.1 Å². The van der Waals surface area contributed by atoms with Gasteiger partial charge in [-0.1, -0.05) is 26.0 Å². The van der Waals surface area contributed by atoms with Crippen LogP contribution in [0.2, 0.25) is 0 Å². The molecule has 0 fully saturated rings. The number of para-hydroxylation sites is 1. The van der Waals surface area contributed by atoms with Crippen molar-refractivity contribution < 1.29 is 4.74 Å². The Bertz CT molecular complexity index is 281. The first-order chi connectivity index (χ1) is 6.16. The number of rotatable bonds is 3. The van der Waals surface area contributed by atoms with Gasteiger partial charge in [0.05, 0.1) is 10.2 Å². The molecule has 0 N–H and O–H groups in total. The Morgan fingerprint density at radius 2 is 2.08 bits per heavy atom. The lowest BCUT2D eigenvalue weighted by Crippen LogP contribution is -2.00. The highest BCUT2D eigenvalue weighted by Crippen LogP contribution is 2.30. The quantitative estimate of drug-likeness (QED) is 0.772. The Hall–Kier alpha value is -0.250. The molecule has 1 aromatic rings. The van der Waals surface area contributed by atoms with Gasteiger partial charge in [-0.15, -0.1) is 0 Å². The average molecular weight is 289 g/mol. The predicted molar refractivity (Wildman–Crippen MR) is 64.0 cm³/mol. The first kappa shape index (κ1) is 10.8. The molecule has 71 valence electrons. The monoisotopic (exact) mass is 289 g/mol. The average Bonchev–Trinajstić information content (AvgIpc) is 2.08. The van der Waals surface area contributed by atoms with Crippen LogP contribution in [0.15, 0.2) is 18.2 Å². The third-order valence-corrected chi connectivity index (χ3v) is 2.64. The van der Waals surface area contributed by atoms with Gasteiger partial charge in [-0.25, -0.2) is 0 Å². The molecule has 13 heavy (non-hydrogen) atoms. The number of ether oxygens (including phenoxy) is 1. The van der Waals surface area contributed by atoms with E-state index in [9.17, 15) is 0 Å². The Morgan fingerprint density at radius 3 is 2.62 bits per heavy atom. The maximum Gasteiger partial charge on any atom is 0.136 e. The van der Waals surface area contributed by atoms with Gasteiger partial charge in [0, 0.05) is 11.5 Å². The van der Waals surface area contributed by atoms with Crippen molar-refractivity contribution in [2.24, 2.45) is 0 Å². The predicted octanol–water partition coefficient (Wildman–Crippen LogP) is 3.65. The summed E-state index contributed by atoms with van der Waals surface area (Å²) < 4.78 is 6.78. The number of hydrogen-bond donors (Lipinski definition) is 0. The molecule has 1 rings (SSSR count). The van der Waals surface area contributed by atoms with E-state index in [-0.39, 0.29) is 0 Å². The maximum absolute atomic E-state index is 5.60. The van der Waals surface area contributed by atoms with Crippen LogP contribution < -0.4 is 4.74 Å². The first-order valence-electron chi connectivity index (χ1n) is 4.38. The molecule has 0 bridgehead atoms. The molecule has 0 amide bonds. The van der Waals surface area contributed by atoms with Crippen LogP contribution >= 0.6 is 22.6 Å². The second-order valence-electron chi connectivity index (χ2n) is 3.05. The Labute approximate surface area is 93.6 Å². The lowest BCUT2D eigenvalue weighted by atomic mass is 10.0. The fourth-order valence-electron chi connectivity index (χ4n) is 1.19. The van der Waals surface area contributed by atoms with E-state index in [0.717, 1.165) is 12.4 Å². The van der Waals surface area contributed by atoms with Gasteiger partial charge >= 0.3 is 0 Å². The molecular weight excluding hydrogens is 275 g/mol. The van der Waals surface area contributed by atoms with Gasteiger partial charge in [-0.2, -0.15) is 0 Å². The topological polar surface area (TPSA) is 9.23 Å². The largest absolute Gasteiger partial charge is 0.492 e. The molecule has 0 atom stereocenters. The smallest absolute Gasteiger partial charge is 0.136 e. The highest BCUT2D eigenvalue weighted by Gasteiger charge is 2.10. The van der Waals surface area contributed by atoms with Gasteiger partial charge in [-0.05, 0) is 35.6 Å². The molecule has 0 spiro atoms. The summed E-state index contributed by atoms with van der Waals surface area (Å²) in [6.45, 7) is 6.94. The zero-order valence-electron chi connectivity index (χ0n) is 8.23. The van der Waals surface area contributed by atoms with Crippen LogP contribution in [-0.4, -0.2) is 6.61 Å². The minimum absolute atomic E-state index is 0.723. The fraction of sp³-hybridized carbons (Fsp3) is 0.364. The molecule has 1 aromatic carbocycles. The molecule has 0 aliphatic heterocycles. The van der Waals surface area contributed by atoms with Gasteiger partial charge in [0.2, 0.25) is 0 Å². The molecule has 0 unspecified atom stereocenters. The summed E-state index contributed by atoms with van der Waals surface area (Å²) in [6.07, 6.45) is 0. The van der Waals surface area contributed by atoms with E-state index < -0.39 is 0 Å². The molecule has 0 saturated carbocycles. The van der Waals surface area contributed by atoms with Crippen molar-refractivity contribution >= 4 is 22.6 Å². The van der Waals surface area contributed by atoms with Crippen LogP contribution in [0.4, 0.5) is 0 Å². The van der Waals surface area contributed by atoms with Crippen LogP contribution in [0.3, 0.4) is 0 Å². The molecular formula is C11H14IO. The molecule has 0 saturated heterocycles. The van der Waals surface area contributed by atoms with Crippen molar-refractivity contribution in [2.45, 2.75) is 20.8 Å². The maximum atomic E-state index is 5.60. The van der Waals surface area contributed by atoms with Gasteiger partial charge in [0.25, 0.3) is 0 Å². The molecule has 0 aromatic heterocycles. The number of halogens is 1. The molecule has 0 aliphatic rings.